The summed E-state index contributed by atoms with van der Waals surface area (Å²) in [6, 6.07) is 0.471. The predicted molar refractivity (Wildman–Crippen MR) is 58.0 cm³/mol. The highest BCUT2D eigenvalue weighted by atomic mass is 15.1. The van der Waals surface area contributed by atoms with Gasteiger partial charge in [-0.1, -0.05) is 0 Å². The Morgan fingerprint density at radius 2 is 2.29 bits per heavy atom. The summed E-state index contributed by atoms with van der Waals surface area (Å²) in [5, 5.41) is 0. The van der Waals surface area contributed by atoms with Crippen LogP contribution in [0.5, 0.6) is 0 Å². The number of hydrogen-bond acceptors (Lipinski definition) is 3. The van der Waals surface area contributed by atoms with Crippen LogP contribution in [0.25, 0.3) is 0 Å². The van der Waals surface area contributed by atoms with Gasteiger partial charge in [0.15, 0.2) is 0 Å². The van der Waals surface area contributed by atoms with E-state index in [0.29, 0.717) is 12.6 Å². The molecule has 0 amide bonds. The van der Waals surface area contributed by atoms with Crippen LogP contribution in [-0.4, -0.2) is 35.1 Å². The fourth-order valence-electron chi connectivity index (χ4n) is 1.47. The summed E-state index contributed by atoms with van der Waals surface area (Å²) in [7, 11) is 4.18. The number of aromatic nitrogens is 2. The van der Waals surface area contributed by atoms with E-state index in [0.717, 1.165) is 18.7 Å². The molecule has 1 heterocycles. The minimum atomic E-state index is 0.471. The third-order valence-electron chi connectivity index (χ3n) is 2.42. The van der Waals surface area contributed by atoms with Crippen LogP contribution < -0.4 is 5.73 Å². The van der Waals surface area contributed by atoms with E-state index in [4.69, 9.17) is 5.73 Å². The second-order valence-corrected chi connectivity index (χ2v) is 3.94. The van der Waals surface area contributed by atoms with Crippen molar-refractivity contribution < 1.29 is 0 Å². The van der Waals surface area contributed by atoms with Gasteiger partial charge in [0.05, 0.1) is 12.0 Å². The molecular weight excluding hydrogens is 176 g/mol. The second-order valence-electron chi connectivity index (χ2n) is 3.94. The van der Waals surface area contributed by atoms with Crippen molar-refractivity contribution in [3.8, 4) is 0 Å². The molecule has 80 valence electrons. The predicted octanol–water partition coefficient (Wildman–Crippen LogP) is 0.855. The van der Waals surface area contributed by atoms with Crippen molar-refractivity contribution in [3.63, 3.8) is 0 Å². The highest BCUT2D eigenvalue weighted by Crippen LogP contribution is 2.13. The molecule has 0 aliphatic heterocycles. The lowest BCUT2D eigenvalue weighted by molar-refractivity contribution is 0.355. The molecule has 4 heteroatoms. The van der Waals surface area contributed by atoms with Gasteiger partial charge < -0.3 is 15.2 Å². The Bertz CT molecular complexity index is 267. The summed E-state index contributed by atoms with van der Waals surface area (Å²) in [5.41, 5.74) is 6.73. The summed E-state index contributed by atoms with van der Waals surface area (Å²) >= 11 is 0. The van der Waals surface area contributed by atoms with E-state index in [1.165, 1.54) is 0 Å². The van der Waals surface area contributed by atoms with E-state index < -0.39 is 0 Å². The number of rotatable bonds is 5. The number of nitrogens with two attached hydrogens (primary N) is 1. The van der Waals surface area contributed by atoms with E-state index in [2.05, 4.69) is 35.5 Å². The van der Waals surface area contributed by atoms with Gasteiger partial charge in [0, 0.05) is 18.8 Å². The van der Waals surface area contributed by atoms with Crippen LogP contribution in [0.4, 0.5) is 0 Å². The molecule has 1 aromatic rings. The SMILES string of the molecule is CC(CCN(C)C)n1cncc1CN. The smallest absolute Gasteiger partial charge is 0.0951 e. The second kappa shape index (κ2) is 5.12. The lowest BCUT2D eigenvalue weighted by Gasteiger charge is -2.18. The summed E-state index contributed by atoms with van der Waals surface area (Å²) in [4.78, 5) is 6.30. The quantitative estimate of drug-likeness (QED) is 0.759. The molecule has 14 heavy (non-hydrogen) atoms. The van der Waals surface area contributed by atoms with Crippen molar-refractivity contribution >= 4 is 0 Å². The molecule has 0 radical (unpaired) electrons. The Labute approximate surface area is 85.7 Å². The third-order valence-corrected chi connectivity index (χ3v) is 2.42. The Hall–Kier alpha value is -0.870. The van der Waals surface area contributed by atoms with Crippen molar-refractivity contribution in [3.05, 3.63) is 18.2 Å². The molecule has 2 N–H and O–H groups in total. The van der Waals surface area contributed by atoms with Crippen molar-refractivity contribution in [2.45, 2.75) is 25.9 Å². The summed E-state index contributed by atoms with van der Waals surface area (Å²) in [6.45, 7) is 3.85. The molecular formula is C10H20N4. The Morgan fingerprint density at radius 1 is 1.57 bits per heavy atom. The fraction of sp³-hybridized carbons (Fsp3) is 0.700. The van der Waals surface area contributed by atoms with E-state index in [1.807, 2.05) is 12.5 Å². The van der Waals surface area contributed by atoms with Crippen LogP contribution in [0.2, 0.25) is 0 Å². The van der Waals surface area contributed by atoms with Gasteiger partial charge >= 0.3 is 0 Å². The molecule has 0 aromatic carbocycles. The number of hydrogen-bond donors (Lipinski definition) is 1. The lowest BCUT2D eigenvalue weighted by Crippen LogP contribution is -2.18. The molecule has 0 fully saturated rings. The molecule has 0 spiro atoms. The normalized spacial score (nSPS) is 13.5. The van der Waals surface area contributed by atoms with Crippen LogP contribution in [0, 0.1) is 0 Å². The summed E-state index contributed by atoms with van der Waals surface area (Å²) in [5.74, 6) is 0. The highest BCUT2D eigenvalue weighted by Gasteiger charge is 2.08. The largest absolute Gasteiger partial charge is 0.331 e. The van der Waals surface area contributed by atoms with Crippen molar-refractivity contribution in [2.24, 2.45) is 5.73 Å². The fourth-order valence-corrected chi connectivity index (χ4v) is 1.47. The topological polar surface area (TPSA) is 47.1 Å². The van der Waals surface area contributed by atoms with E-state index >= 15 is 0 Å². The molecule has 0 aliphatic carbocycles. The zero-order valence-electron chi connectivity index (χ0n) is 9.27. The molecule has 1 atom stereocenters. The first-order chi connectivity index (χ1) is 6.65. The minimum absolute atomic E-state index is 0.471. The lowest BCUT2D eigenvalue weighted by atomic mass is 10.2. The molecule has 0 bridgehead atoms. The van der Waals surface area contributed by atoms with E-state index in [1.54, 1.807) is 0 Å². The minimum Gasteiger partial charge on any atom is -0.331 e. The average Bonchev–Trinajstić information content (AvgIpc) is 2.61. The van der Waals surface area contributed by atoms with Gasteiger partial charge in [-0.15, -0.1) is 0 Å². The molecule has 0 aliphatic rings. The highest BCUT2D eigenvalue weighted by molar-refractivity contribution is 4.99. The summed E-state index contributed by atoms with van der Waals surface area (Å²) in [6.07, 6.45) is 4.82. The van der Waals surface area contributed by atoms with E-state index in [-0.39, 0.29) is 0 Å². The van der Waals surface area contributed by atoms with Gasteiger partial charge in [-0.05, 0) is 34.0 Å². The first-order valence-corrected chi connectivity index (χ1v) is 5.00. The molecule has 0 saturated carbocycles. The van der Waals surface area contributed by atoms with Gasteiger partial charge in [-0.2, -0.15) is 0 Å². The Morgan fingerprint density at radius 3 is 2.86 bits per heavy atom. The summed E-state index contributed by atoms with van der Waals surface area (Å²) < 4.78 is 2.16. The van der Waals surface area contributed by atoms with Crippen LogP contribution >= 0.6 is 0 Å². The maximum Gasteiger partial charge on any atom is 0.0951 e. The van der Waals surface area contributed by atoms with Gasteiger partial charge in [0.25, 0.3) is 0 Å². The standard InChI is InChI=1S/C10H20N4/c1-9(4-5-13(2)3)14-8-12-7-10(14)6-11/h7-9H,4-6,11H2,1-3H3. The first-order valence-electron chi connectivity index (χ1n) is 5.00. The van der Waals surface area contributed by atoms with Crippen LogP contribution in [0.15, 0.2) is 12.5 Å². The van der Waals surface area contributed by atoms with Crippen LogP contribution in [0.1, 0.15) is 25.1 Å². The Kier molecular flexibility index (Phi) is 4.10. The first kappa shape index (κ1) is 11.2. The molecule has 1 aromatic heterocycles. The van der Waals surface area contributed by atoms with Crippen molar-refractivity contribution in [1.29, 1.82) is 0 Å². The third kappa shape index (κ3) is 2.82. The van der Waals surface area contributed by atoms with Gasteiger partial charge in [-0.25, -0.2) is 4.98 Å². The number of imidazole rings is 1. The maximum atomic E-state index is 5.62. The van der Waals surface area contributed by atoms with Crippen molar-refractivity contribution in [2.75, 3.05) is 20.6 Å². The zero-order chi connectivity index (χ0) is 10.6. The van der Waals surface area contributed by atoms with Crippen LogP contribution in [-0.2, 0) is 6.54 Å². The molecule has 4 nitrogen and oxygen atoms in total. The van der Waals surface area contributed by atoms with Crippen LogP contribution in [0.3, 0.4) is 0 Å². The monoisotopic (exact) mass is 196 g/mol. The van der Waals surface area contributed by atoms with E-state index in [9.17, 15) is 0 Å². The molecule has 0 saturated heterocycles. The zero-order valence-corrected chi connectivity index (χ0v) is 9.27. The van der Waals surface area contributed by atoms with Crippen molar-refractivity contribution in [1.82, 2.24) is 14.5 Å². The van der Waals surface area contributed by atoms with Gasteiger partial charge in [0.1, 0.15) is 0 Å². The average molecular weight is 196 g/mol. The molecule has 1 rings (SSSR count). The maximum absolute atomic E-state index is 5.62. The van der Waals surface area contributed by atoms with Gasteiger partial charge in [0.2, 0.25) is 0 Å². The number of nitrogens with zero attached hydrogens (tertiary/aromatic N) is 3. The molecule has 1 unspecified atom stereocenters. The van der Waals surface area contributed by atoms with Gasteiger partial charge in [-0.3, -0.25) is 0 Å². The Balaban J connectivity index is 2.55.